The minimum absolute atomic E-state index is 0.143. The number of carbonyl (C=O) groups is 1. The number of amides is 1. The second-order valence-electron chi connectivity index (χ2n) is 9.43. The van der Waals surface area contributed by atoms with E-state index in [4.69, 9.17) is 4.74 Å². The van der Waals surface area contributed by atoms with Crippen LogP contribution < -0.4 is 4.90 Å². The van der Waals surface area contributed by atoms with Gasteiger partial charge < -0.3 is 14.5 Å². The fourth-order valence-corrected chi connectivity index (χ4v) is 5.36. The zero-order valence-corrected chi connectivity index (χ0v) is 21.3. The van der Waals surface area contributed by atoms with E-state index in [1.165, 1.54) is 30.2 Å². The van der Waals surface area contributed by atoms with Gasteiger partial charge in [0.2, 0.25) is 11.9 Å². The van der Waals surface area contributed by atoms with E-state index in [1.807, 2.05) is 18.2 Å². The molecular weight excluding hydrogens is 458 g/mol. The van der Waals surface area contributed by atoms with Crippen molar-refractivity contribution in [3.8, 4) is 5.69 Å². The van der Waals surface area contributed by atoms with Gasteiger partial charge in [0.1, 0.15) is 0 Å². The predicted octanol–water partition coefficient (Wildman–Crippen LogP) is 4.33. The van der Waals surface area contributed by atoms with Crippen molar-refractivity contribution in [2.45, 2.75) is 44.4 Å². The Labute approximate surface area is 211 Å². The molecule has 1 aliphatic heterocycles. The van der Waals surface area contributed by atoms with E-state index in [0.29, 0.717) is 31.4 Å². The molecule has 0 spiro atoms. The zero-order chi connectivity index (χ0) is 24.2. The van der Waals surface area contributed by atoms with Crippen LogP contribution in [-0.4, -0.2) is 63.7 Å². The average molecular weight is 492 g/mol. The van der Waals surface area contributed by atoms with Gasteiger partial charge in [0, 0.05) is 25.7 Å². The van der Waals surface area contributed by atoms with Crippen molar-refractivity contribution in [2.75, 3.05) is 37.0 Å². The molecule has 7 nitrogen and oxygen atoms in total. The van der Waals surface area contributed by atoms with E-state index in [1.54, 1.807) is 0 Å². The third kappa shape index (κ3) is 5.70. The number of morpholine rings is 1. The van der Waals surface area contributed by atoms with Crippen LogP contribution in [-0.2, 0) is 16.1 Å². The SMILES string of the molecule is Cc1ccc(-n2c(SCC(=O)N(Cc3ccccc3)[C@H](C)C3CC3)nnc2N2CCOCC2)cc1. The fraction of sp³-hybridized carbons (Fsp3) is 0.444. The summed E-state index contributed by atoms with van der Waals surface area (Å²) in [6, 6.07) is 18.9. The number of hydrogen-bond acceptors (Lipinski definition) is 6. The number of thioether (sulfide) groups is 1. The second-order valence-corrected chi connectivity index (χ2v) is 10.4. The van der Waals surface area contributed by atoms with Crippen molar-refractivity contribution in [3.05, 3.63) is 65.7 Å². The number of nitrogens with zero attached hydrogens (tertiary/aromatic N) is 5. The molecule has 2 fully saturated rings. The van der Waals surface area contributed by atoms with Crippen LogP contribution >= 0.6 is 11.8 Å². The minimum Gasteiger partial charge on any atom is -0.378 e. The van der Waals surface area contributed by atoms with Crippen LogP contribution in [0.3, 0.4) is 0 Å². The molecule has 5 rings (SSSR count). The Kier molecular flexibility index (Phi) is 7.39. The molecule has 0 unspecified atom stereocenters. The van der Waals surface area contributed by atoms with Crippen molar-refractivity contribution in [1.82, 2.24) is 19.7 Å². The lowest BCUT2D eigenvalue weighted by molar-refractivity contribution is -0.131. The summed E-state index contributed by atoms with van der Waals surface area (Å²) < 4.78 is 7.61. The van der Waals surface area contributed by atoms with E-state index in [9.17, 15) is 4.79 Å². The molecule has 3 aromatic rings. The topological polar surface area (TPSA) is 63.5 Å². The second kappa shape index (κ2) is 10.8. The Hall–Kier alpha value is -2.84. The largest absolute Gasteiger partial charge is 0.378 e. The maximum Gasteiger partial charge on any atom is 0.233 e. The van der Waals surface area contributed by atoms with Gasteiger partial charge in [0.25, 0.3) is 0 Å². The molecule has 1 aromatic heterocycles. The van der Waals surface area contributed by atoms with Crippen LogP contribution in [0.2, 0.25) is 0 Å². The quantitative estimate of drug-likeness (QED) is 0.415. The highest BCUT2D eigenvalue weighted by atomic mass is 32.2. The van der Waals surface area contributed by atoms with Gasteiger partial charge in [-0.05, 0) is 50.3 Å². The number of carbonyl (C=O) groups excluding carboxylic acids is 1. The summed E-state index contributed by atoms with van der Waals surface area (Å²) in [5.41, 5.74) is 3.37. The first-order chi connectivity index (χ1) is 17.1. The minimum atomic E-state index is 0.143. The van der Waals surface area contributed by atoms with Crippen LogP contribution in [0.1, 0.15) is 30.9 Å². The number of aryl methyl sites for hydroxylation is 1. The first-order valence-corrected chi connectivity index (χ1v) is 13.4. The van der Waals surface area contributed by atoms with Crippen LogP contribution in [0.5, 0.6) is 0 Å². The molecule has 1 saturated carbocycles. The molecule has 1 aliphatic carbocycles. The number of benzene rings is 2. The Morgan fingerprint density at radius 3 is 2.49 bits per heavy atom. The first-order valence-electron chi connectivity index (χ1n) is 12.4. The summed E-state index contributed by atoms with van der Waals surface area (Å²) >= 11 is 1.47. The van der Waals surface area contributed by atoms with Gasteiger partial charge in [0.15, 0.2) is 5.16 Å². The molecule has 0 radical (unpaired) electrons. The molecule has 1 atom stereocenters. The molecule has 8 heteroatoms. The van der Waals surface area contributed by atoms with E-state index in [-0.39, 0.29) is 11.9 Å². The molecule has 1 saturated heterocycles. The van der Waals surface area contributed by atoms with Crippen molar-refractivity contribution in [2.24, 2.45) is 5.92 Å². The summed E-state index contributed by atoms with van der Waals surface area (Å²) in [5.74, 6) is 1.89. The molecule has 2 heterocycles. The van der Waals surface area contributed by atoms with Gasteiger partial charge in [-0.1, -0.05) is 59.8 Å². The summed E-state index contributed by atoms with van der Waals surface area (Å²) in [6.07, 6.45) is 2.41. The van der Waals surface area contributed by atoms with E-state index < -0.39 is 0 Å². The van der Waals surface area contributed by atoms with Crippen molar-refractivity contribution in [3.63, 3.8) is 0 Å². The predicted molar refractivity (Wildman–Crippen MR) is 139 cm³/mol. The van der Waals surface area contributed by atoms with Gasteiger partial charge in [-0.3, -0.25) is 9.36 Å². The zero-order valence-electron chi connectivity index (χ0n) is 20.5. The lowest BCUT2D eigenvalue weighted by atomic mass is 10.1. The van der Waals surface area contributed by atoms with Gasteiger partial charge >= 0.3 is 0 Å². The highest BCUT2D eigenvalue weighted by Crippen LogP contribution is 2.36. The number of hydrogen-bond donors (Lipinski definition) is 0. The van der Waals surface area contributed by atoms with Crippen LogP contribution in [0.4, 0.5) is 5.95 Å². The molecule has 0 bridgehead atoms. The molecule has 2 aromatic carbocycles. The van der Waals surface area contributed by atoms with Crippen LogP contribution in [0, 0.1) is 12.8 Å². The van der Waals surface area contributed by atoms with Crippen LogP contribution in [0.15, 0.2) is 59.8 Å². The first kappa shape index (κ1) is 23.9. The average Bonchev–Trinajstić information content (AvgIpc) is 3.66. The summed E-state index contributed by atoms with van der Waals surface area (Å²) in [5, 5.41) is 9.80. The number of anilines is 1. The lowest BCUT2D eigenvalue weighted by Gasteiger charge is -2.30. The molecule has 184 valence electrons. The number of rotatable bonds is 9. The summed E-state index contributed by atoms with van der Waals surface area (Å²) in [7, 11) is 0. The number of ether oxygens (including phenoxy) is 1. The van der Waals surface area contributed by atoms with E-state index in [0.717, 1.165) is 35.4 Å². The van der Waals surface area contributed by atoms with Crippen molar-refractivity contribution in [1.29, 1.82) is 0 Å². The third-order valence-electron chi connectivity index (χ3n) is 6.84. The molecule has 35 heavy (non-hydrogen) atoms. The maximum absolute atomic E-state index is 13.5. The third-order valence-corrected chi connectivity index (χ3v) is 7.75. The number of aromatic nitrogens is 3. The Morgan fingerprint density at radius 2 is 1.80 bits per heavy atom. The molecule has 1 amide bonds. The van der Waals surface area contributed by atoms with Gasteiger partial charge in [-0.2, -0.15) is 0 Å². The van der Waals surface area contributed by atoms with Crippen molar-refractivity contribution >= 4 is 23.6 Å². The molecule has 2 aliphatic rings. The van der Waals surface area contributed by atoms with Gasteiger partial charge in [-0.15, -0.1) is 10.2 Å². The van der Waals surface area contributed by atoms with Crippen LogP contribution in [0.25, 0.3) is 5.69 Å². The van der Waals surface area contributed by atoms with Crippen molar-refractivity contribution < 1.29 is 9.53 Å². The lowest BCUT2D eigenvalue weighted by Crippen LogP contribution is -2.40. The smallest absolute Gasteiger partial charge is 0.233 e. The summed E-state index contributed by atoms with van der Waals surface area (Å²) in [4.78, 5) is 17.8. The highest BCUT2D eigenvalue weighted by molar-refractivity contribution is 7.99. The molecular formula is C27H33N5O2S. The highest BCUT2D eigenvalue weighted by Gasteiger charge is 2.34. The summed E-state index contributed by atoms with van der Waals surface area (Å²) in [6.45, 7) is 7.81. The Morgan fingerprint density at radius 1 is 1.09 bits per heavy atom. The monoisotopic (exact) mass is 491 g/mol. The fourth-order valence-electron chi connectivity index (χ4n) is 4.53. The van der Waals surface area contributed by atoms with E-state index >= 15 is 0 Å². The standard InChI is InChI=1S/C27H33N5O2S/c1-20-8-12-24(13-9-20)32-26(30-14-16-34-17-15-30)28-29-27(32)35-19-25(33)31(21(2)23-10-11-23)18-22-6-4-3-5-7-22/h3-9,12-13,21,23H,10-11,14-19H2,1-2H3/t21-/m1/s1. The Bertz CT molecular complexity index is 1120. The normalized spacial score (nSPS) is 16.8. The van der Waals surface area contributed by atoms with Gasteiger partial charge in [-0.25, -0.2) is 0 Å². The Balaban J connectivity index is 1.37. The molecule has 0 N–H and O–H groups in total. The van der Waals surface area contributed by atoms with E-state index in [2.05, 4.69) is 74.8 Å². The maximum atomic E-state index is 13.5. The van der Waals surface area contributed by atoms with Gasteiger partial charge in [0.05, 0.1) is 24.7 Å².